The van der Waals surface area contributed by atoms with E-state index in [1.54, 1.807) is 11.0 Å². The minimum Gasteiger partial charge on any atom is -0.363 e. The van der Waals surface area contributed by atoms with Crippen LogP contribution in [0.25, 0.3) is 16.7 Å². The van der Waals surface area contributed by atoms with E-state index >= 15 is 0 Å². The number of benzene rings is 3. The summed E-state index contributed by atoms with van der Waals surface area (Å²) in [7, 11) is 0. The molecular weight excluding hydrogens is 483 g/mol. The van der Waals surface area contributed by atoms with Gasteiger partial charge >= 0.3 is 0 Å². The summed E-state index contributed by atoms with van der Waals surface area (Å²) in [5.41, 5.74) is 4.49. The van der Waals surface area contributed by atoms with E-state index in [1.807, 2.05) is 65.6 Å². The molecule has 1 aliphatic heterocycles. The zero-order chi connectivity index (χ0) is 23.9. The largest absolute Gasteiger partial charge is 0.363 e. The minimum absolute atomic E-state index is 0.607. The second-order valence-electron chi connectivity index (χ2n) is 8.16. The summed E-state index contributed by atoms with van der Waals surface area (Å²) in [4.78, 5) is 17.1. The first-order chi connectivity index (χ1) is 17.1. The van der Waals surface area contributed by atoms with Gasteiger partial charge in [0.2, 0.25) is 6.23 Å². The molecule has 172 valence electrons. The van der Waals surface area contributed by atoms with Crippen LogP contribution in [0.5, 0.6) is 0 Å². The van der Waals surface area contributed by atoms with Crippen LogP contribution in [0.2, 0.25) is 10.0 Å². The Morgan fingerprint density at radius 1 is 0.886 bits per heavy atom. The molecule has 2 aromatic heterocycles. The Bertz CT molecular complexity index is 1550. The molecule has 0 fully saturated rings. The Kier molecular flexibility index (Phi) is 5.36. The monoisotopic (exact) mass is 500 g/mol. The normalized spacial score (nSPS) is 15.3. The van der Waals surface area contributed by atoms with Crippen molar-refractivity contribution in [2.45, 2.75) is 13.2 Å². The number of aromatic nitrogens is 4. The van der Waals surface area contributed by atoms with Gasteiger partial charge in [0, 0.05) is 26.7 Å². The molecule has 0 saturated carbocycles. The van der Waals surface area contributed by atoms with Gasteiger partial charge in [-0.1, -0.05) is 40.0 Å². The fourth-order valence-corrected chi connectivity index (χ4v) is 4.38. The van der Waals surface area contributed by atoms with Gasteiger partial charge < -0.3 is 4.84 Å². The van der Waals surface area contributed by atoms with Crippen molar-refractivity contribution in [1.29, 1.82) is 0 Å². The number of halogens is 2. The molecule has 5 aromatic rings. The molecule has 0 bridgehead atoms. The predicted molar refractivity (Wildman–Crippen MR) is 137 cm³/mol. The number of aryl methyl sites for hydroxylation is 1. The number of rotatable bonds is 4. The molecule has 1 aliphatic rings. The Hall–Kier alpha value is -3.94. The highest BCUT2D eigenvalue weighted by molar-refractivity contribution is 6.31. The maximum atomic E-state index is 6.19. The van der Waals surface area contributed by atoms with Crippen LogP contribution in [0.4, 0.5) is 5.69 Å². The van der Waals surface area contributed by atoms with Crippen molar-refractivity contribution < 1.29 is 4.84 Å². The molecule has 1 unspecified atom stereocenters. The third kappa shape index (κ3) is 3.99. The summed E-state index contributed by atoms with van der Waals surface area (Å²) < 4.78 is 1.64. The van der Waals surface area contributed by atoms with Crippen LogP contribution in [-0.4, -0.2) is 25.6 Å². The highest BCUT2D eigenvalue weighted by Crippen LogP contribution is 2.38. The number of hydrogen-bond donors (Lipinski definition) is 0. The standard InChI is InChI=1S/C26H18Cl2N6O/c1-16-2-11-23-18(12-16)13-22(25(31-23)33-15-29-14-30-33)26-34(21-9-7-20(28)8-10-21)24(32-35-26)17-3-5-19(27)6-4-17/h2-15,26H,1H3. The van der Waals surface area contributed by atoms with E-state index < -0.39 is 6.23 Å². The van der Waals surface area contributed by atoms with Crippen molar-refractivity contribution in [2.75, 3.05) is 4.90 Å². The lowest BCUT2D eigenvalue weighted by Crippen LogP contribution is -2.32. The zero-order valence-corrected chi connectivity index (χ0v) is 20.0. The maximum absolute atomic E-state index is 6.19. The van der Waals surface area contributed by atoms with Crippen molar-refractivity contribution in [3.63, 3.8) is 0 Å². The van der Waals surface area contributed by atoms with Gasteiger partial charge in [-0.05, 0) is 73.7 Å². The van der Waals surface area contributed by atoms with Crippen LogP contribution >= 0.6 is 23.2 Å². The summed E-state index contributed by atoms with van der Waals surface area (Å²) in [5.74, 6) is 1.25. The van der Waals surface area contributed by atoms with E-state index in [9.17, 15) is 0 Å². The van der Waals surface area contributed by atoms with Crippen molar-refractivity contribution in [3.05, 3.63) is 112 Å². The molecule has 1 atom stereocenters. The van der Waals surface area contributed by atoms with Gasteiger partial charge in [-0.15, -0.1) is 0 Å². The lowest BCUT2D eigenvalue weighted by molar-refractivity contribution is 0.0865. The zero-order valence-electron chi connectivity index (χ0n) is 18.5. The molecule has 0 spiro atoms. The van der Waals surface area contributed by atoms with Gasteiger partial charge in [0.25, 0.3) is 0 Å². The lowest BCUT2D eigenvalue weighted by Gasteiger charge is -2.27. The molecule has 0 N–H and O–H groups in total. The van der Waals surface area contributed by atoms with E-state index in [1.165, 1.54) is 6.33 Å². The third-order valence-corrected chi connectivity index (χ3v) is 6.29. The first-order valence-corrected chi connectivity index (χ1v) is 11.6. The topological polar surface area (TPSA) is 68.4 Å². The van der Waals surface area contributed by atoms with E-state index in [0.29, 0.717) is 21.7 Å². The van der Waals surface area contributed by atoms with Gasteiger partial charge in [0.05, 0.1) is 11.1 Å². The number of hydrogen-bond acceptors (Lipinski definition) is 6. The highest BCUT2D eigenvalue weighted by Gasteiger charge is 2.36. The number of fused-ring (bicyclic) bond motifs is 1. The van der Waals surface area contributed by atoms with E-state index in [4.69, 9.17) is 33.0 Å². The summed E-state index contributed by atoms with van der Waals surface area (Å²) in [5, 5.41) is 11.1. The molecule has 6 rings (SSSR count). The first-order valence-electron chi connectivity index (χ1n) is 10.9. The molecule has 0 aliphatic carbocycles. The maximum Gasteiger partial charge on any atom is 0.235 e. The van der Waals surface area contributed by atoms with Gasteiger partial charge in [-0.3, -0.25) is 4.90 Å². The summed E-state index contributed by atoms with van der Waals surface area (Å²) in [6, 6.07) is 23.2. The molecule has 3 heterocycles. The highest BCUT2D eigenvalue weighted by atomic mass is 35.5. The Morgan fingerprint density at radius 2 is 1.63 bits per heavy atom. The SMILES string of the molecule is Cc1ccc2nc(-n3cncn3)c(C3ON=C(c4ccc(Cl)cc4)N3c3ccc(Cl)cc3)cc2c1. The van der Waals surface area contributed by atoms with Gasteiger partial charge in [0.15, 0.2) is 11.7 Å². The number of anilines is 1. The Morgan fingerprint density at radius 3 is 2.34 bits per heavy atom. The molecule has 3 aromatic carbocycles. The van der Waals surface area contributed by atoms with Crippen molar-refractivity contribution in [3.8, 4) is 5.82 Å². The quantitative estimate of drug-likeness (QED) is 0.288. The summed E-state index contributed by atoms with van der Waals surface area (Å²) in [6.07, 6.45) is 2.49. The molecule has 35 heavy (non-hydrogen) atoms. The van der Waals surface area contributed by atoms with Gasteiger partial charge in [0.1, 0.15) is 12.7 Å². The van der Waals surface area contributed by atoms with E-state index in [-0.39, 0.29) is 0 Å². The summed E-state index contributed by atoms with van der Waals surface area (Å²) >= 11 is 12.3. The third-order valence-electron chi connectivity index (χ3n) is 5.79. The molecule has 9 heteroatoms. The van der Waals surface area contributed by atoms with Gasteiger partial charge in [-0.2, -0.15) is 5.10 Å². The molecule has 0 saturated heterocycles. The van der Waals surface area contributed by atoms with Crippen LogP contribution in [0.3, 0.4) is 0 Å². The number of nitrogens with zero attached hydrogens (tertiary/aromatic N) is 6. The van der Waals surface area contributed by atoms with Crippen LogP contribution < -0.4 is 4.90 Å². The smallest absolute Gasteiger partial charge is 0.235 e. The average Bonchev–Trinajstić information content (AvgIpc) is 3.55. The van der Waals surface area contributed by atoms with Crippen molar-refractivity contribution in [2.24, 2.45) is 5.16 Å². The minimum atomic E-state index is -0.613. The number of oxime groups is 1. The summed E-state index contributed by atoms with van der Waals surface area (Å²) in [6.45, 7) is 2.05. The van der Waals surface area contributed by atoms with Gasteiger partial charge in [-0.25, -0.2) is 14.6 Å². The molecule has 0 amide bonds. The molecular formula is C26H18Cl2N6O. The Labute approximate surface area is 211 Å². The first kappa shape index (κ1) is 21.6. The number of amidine groups is 1. The number of pyridine rings is 1. The van der Waals surface area contributed by atoms with Crippen molar-refractivity contribution >= 4 is 45.6 Å². The Balaban J connectivity index is 1.55. The average molecular weight is 501 g/mol. The fourth-order valence-electron chi connectivity index (χ4n) is 4.13. The van der Waals surface area contributed by atoms with Crippen LogP contribution in [0.1, 0.15) is 22.9 Å². The molecule has 7 nitrogen and oxygen atoms in total. The second kappa shape index (κ2) is 8.69. The molecule has 0 radical (unpaired) electrons. The predicted octanol–water partition coefficient (Wildman–Crippen LogP) is 6.33. The van der Waals surface area contributed by atoms with Crippen LogP contribution in [-0.2, 0) is 4.84 Å². The fraction of sp³-hybridized carbons (Fsp3) is 0.0769. The van der Waals surface area contributed by atoms with E-state index in [0.717, 1.165) is 33.3 Å². The van der Waals surface area contributed by atoms with Crippen LogP contribution in [0, 0.1) is 6.92 Å². The van der Waals surface area contributed by atoms with Crippen molar-refractivity contribution in [1.82, 2.24) is 19.7 Å². The van der Waals surface area contributed by atoms with Crippen LogP contribution in [0.15, 0.2) is 90.6 Å². The lowest BCUT2D eigenvalue weighted by atomic mass is 10.1. The van der Waals surface area contributed by atoms with E-state index in [2.05, 4.69) is 34.3 Å². The second-order valence-corrected chi connectivity index (χ2v) is 9.04.